The van der Waals surface area contributed by atoms with Gasteiger partial charge in [-0.3, -0.25) is 14.9 Å². The molecule has 2 amide bonds. The van der Waals surface area contributed by atoms with Crippen LogP contribution in [0.1, 0.15) is 42.9 Å². The van der Waals surface area contributed by atoms with Gasteiger partial charge in [0.1, 0.15) is 5.69 Å². The van der Waals surface area contributed by atoms with E-state index in [-0.39, 0.29) is 24.1 Å². The zero-order valence-corrected chi connectivity index (χ0v) is 16.7. The summed E-state index contributed by atoms with van der Waals surface area (Å²) in [5.41, 5.74) is 1.15. The van der Waals surface area contributed by atoms with Crippen LogP contribution in [0.5, 0.6) is 0 Å². The highest BCUT2D eigenvalue weighted by Gasteiger charge is 2.27. The summed E-state index contributed by atoms with van der Waals surface area (Å²) in [6.45, 7) is 4.34. The first-order valence-corrected chi connectivity index (χ1v) is 9.31. The predicted molar refractivity (Wildman–Crippen MR) is 106 cm³/mol. The van der Waals surface area contributed by atoms with Crippen LogP contribution in [0, 0.1) is 0 Å². The van der Waals surface area contributed by atoms with Crippen LogP contribution in [0.3, 0.4) is 0 Å². The number of nitrogens with zero attached hydrogens (tertiary/aromatic N) is 2. The number of esters is 1. The minimum absolute atomic E-state index is 0.00454. The Bertz CT molecular complexity index is 921. The highest BCUT2D eigenvalue weighted by Crippen LogP contribution is 2.24. The molecule has 0 atom stereocenters. The molecule has 1 fully saturated rings. The predicted octanol–water partition coefficient (Wildman–Crippen LogP) is 2.05. The van der Waals surface area contributed by atoms with Crippen molar-refractivity contribution >= 4 is 29.2 Å². The topological polar surface area (TPSA) is 114 Å². The minimum atomic E-state index is -0.711. The van der Waals surface area contributed by atoms with Crippen molar-refractivity contribution in [3.63, 3.8) is 0 Å². The van der Waals surface area contributed by atoms with Gasteiger partial charge in [-0.15, -0.1) is 0 Å². The first kappa shape index (κ1) is 20.5. The van der Waals surface area contributed by atoms with Crippen LogP contribution in [0.2, 0.25) is 0 Å². The number of hydrogen-bond acceptors (Lipinski definition) is 7. The molecule has 0 bridgehead atoms. The molecule has 1 aromatic carbocycles. The van der Waals surface area contributed by atoms with Gasteiger partial charge in [-0.25, -0.2) is 4.79 Å². The van der Waals surface area contributed by atoms with E-state index in [9.17, 15) is 14.4 Å². The first-order valence-electron chi connectivity index (χ1n) is 9.31. The van der Waals surface area contributed by atoms with Gasteiger partial charge in [0.15, 0.2) is 0 Å². The SMILES string of the molecule is COC(=O)c1cc(C(C)(C)NCC(=O)Nc2cccc(N3CCCC3=O)c2)no1. The highest BCUT2D eigenvalue weighted by molar-refractivity contribution is 5.97. The Balaban J connectivity index is 1.59. The molecule has 3 rings (SSSR count). The average molecular weight is 400 g/mol. The van der Waals surface area contributed by atoms with Gasteiger partial charge in [-0.2, -0.15) is 0 Å². The zero-order chi connectivity index (χ0) is 21.0. The quantitative estimate of drug-likeness (QED) is 0.684. The number of benzene rings is 1. The molecule has 29 heavy (non-hydrogen) atoms. The van der Waals surface area contributed by atoms with Crippen LogP contribution in [-0.4, -0.2) is 43.1 Å². The van der Waals surface area contributed by atoms with Gasteiger partial charge in [0.25, 0.3) is 0 Å². The van der Waals surface area contributed by atoms with Crippen molar-refractivity contribution in [1.29, 1.82) is 0 Å². The second-order valence-electron chi connectivity index (χ2n) is 7.29. The number of hydrogen-bond donors (Lipinski definition) is 2. The number of carbonyl (C=O) groups excluding carboxylic acids is 3. The molecule has 9 heteroatoms. The molecule has 0 spiro atoms. The second kappa shape index (κ2) is 8.44. The molecule has 0 aliphatic carbocycles. The Morgan fingerprint density at radius 3 is 2.79 bits per heavy atom. The largest absolute Gasteiger partial charge is 0.463 e. The Morgan fingerprint density at radius 2 is 2.10 bits per heavy atom. The van der Waals surface area contributed by atoms with E-state index in [0.29, 0.717) is 24.3 Å². The summed E-state index contributed by atoms with van der Waals surface area (Å²) in [6, 6.07) is 8.69. The molecule has 1 aliphatic rings. The zero-order valence-electron chi connectivity index (χ0n) is 16.7. The summed E-state index contributed by atoms with van der Waals surface area (Å²) < 4.78 is 9.58. The first-order chi connectivity index (χ1) is 13.8. The van der Waals surface area contributed by atoms with Gasteiger partial charge in [0.05, 0.1) is 19.2 Å². The fraction of sp³-hybridized carbons (Fsp3) is 0.400. The maximum Gasteiger partial charge on any atom is 0.376 e. The second-order valence-corrected chi connectivity index (χ2v) is 7.29. The number of ether oxygens (including phenoxy) is 1. The Hall–Kier alpha value is -3.20. The lowest BCUT2D eigenvalue weighted by molar-refractivity contribution is -0.117. The normalized spacial score (nSPS) is 14.2. The van der Waals surface area contributed by atoms with Gasteiger partial charge < -0.3 is 19.5 Å². The van der Waals surface area contributed by atoms with Crippen molar-refractivity contribution in [2.45, 2.75) is 32.2 Å². The van der Waals surface area contributed by atoms with Crippen LogP contribution in [0.15, 0.2) is 34.9 Å². The van der Waals surface area contributed by atoms with Crippen LogP contribution in [0.4, 0.5) is 11.4 Å². The molecule has 9 nitrogen and oxygen atoms in total. The van der Waals surface area contributed by atoms with Gasteiger partial charge >= 0.3 is 5.97 Å². The fourth-order valence-corrected chi connectivity index (χ4v) is 3.04. The number of nitrogens with one attached hydrogen (secondary N) is 2. The molecule has 154 valence electrons. The third kappa shape index (κ3) is 4.80. The number of carbonyl (C=O) groups is 3. The van der Waals surface area contributed by atoms with E-state index in [1.54, 1.807) is 23.1 Å². The summed E-state index contributed by atoms with van der Waals surface area (Å²) in [5, 5.41) is 9.79. The number of aromatic nitrogens is 1. The molecule has 1 saturated heterocycles. The third-order valence-corrected chi connectivity index (χ3v) is 4.74. The maximum atomic E-state index is 12.4. The van der Waals surface area contributed by atoms with E-state index in [1.165, 1.54) is 13.2 Å². The minimum Gasteiger partial charge on any atom is -0.463 e. The molecule has 1 aromatic heterocycles. The van der Waals surface area contributed by atoms with E-state index >= 15 is 0 Å². The standard InChI is InChI=1S/C20H24N4O5/c1-20(2,16-11-15(29-23-16)19(27)28-3)21-12-17(25)22-13-6-4-7-14(10-13)24-9-5-8-18(24)26/h4,6-7,10-11,21H,5,8-9,12H2,1-3H3,(H,22,25). The fourth-order valence-electron chi connectivity index (χ4n) is 3.04. The van der Waals surface area contributed by atoms with Gasteiger partial charge in [0, 0.05) is 30.4 Å². The Kier molecular flexibility index (Phi) is 5.97. The Morgan fingerprint density at radius 1 is 1.31 bits per heavy atom. The summed E-state index contributed by atoms with van der Waals surface area (Å²) >= 11 is 0. The van der Waals surface area contributed by atoms with Crippen LogP contribution >= 0.6 is 0 Å². The highest BCUT2D eigenvalue weighted by atomic mass is 16.5. The molecule has 2 aromatic rings. The number of methoxy groups -OCH3 is 1. The van der Waals surface area contributed by atoms with Gasteiger partial charge in [0.2, 0.25) is 17.6 Å². The smallest absolute Gasteiger partial charge is 0.376 e. The summed E-state index contributed by atoms with van der Waals surface area (Å²) in [6.07, 6.45) is 1.39. The monoisotopic (exact) mass is 400 g/mol. The molecule has 0 saturated carbocycles. The Labute approximate surface area is 168 Å². The van der Waals surface area contributed by atoms with Crippen LogP contribution < -0.4 is 15.5 Å². The van der Waals surface area contributed by atoms with E-state index in [0.717, 1.165) is 12.1 Å². The lowest BCUT2D eigenvalue weighted by Crippen LogP contribution is -2.41. The van der Waals surface area contributed by atoms with Crippen molar-refractivity contribution < 1.29 is 23.6 Å². The maximum absolute atomic E-state index is 12.4. The molecular weight excluding hydrogens is 376 g/mol. The number of rotatable bonds is 7. The molecule has 2 heterocycles. The third-order valence-electron chi connectivity index (χ3n) is 4.74. The number of anilines is 2. The lowest BCUT2D eigenvalue weighted by atomic mass is 10.0. The molecule has 1 aliphatic heterocycles. The van der Waals surface area contributed by atoms with Crippen molar-refractivity contribution in [2.75, 3.05) is 30.4 Å². The van der Waals surface area contributed by atoms with Crippen LogP contribution in [0.25, 0.3) is 0 Å². The summed E-state index contributed by atoms with van der Waals surface area (Å²) in [5.74, 6) is -0.778. The molecule has 2 N–H and O–H groups in total. The molecule has 0 radical (unpaired) electrons. The number of amides is 2. The van der Waals surface area contributed by atoms with E-state index < -0.39 is 11.5 Å². The lowest BCUT2D eigenvalue weighted by Gasteiger charge is -2.23. The summed E-state index contributed by atoms with van der Waals surface area (Å²) in [7, 11) is 1.26. The van der Waals surface area contributed by atoms with E-state index in [1.807, 2.05) is 19.9 Å². The van der Waals surface area contributed by atoms with Crippen molar-refractivity contribution in [3.8, 4) is 0 Å². The average Bonchev–Trinajstić information content (AvgIpc) is 3.36. The van der Waals surface area contributed by atoms with Crippen LogP contribution in [-0.2, 0) is 19.9 Å². The summed E-state index contributed by atoms with van der Waals surface area (Å²) in [4.78, 5) is 37.5. The van der Waals surface area contributed by atoms with Gasteiger partial charge in [-0.1, -0.05) is 11.2 Å². The van der Waals surface area contributed by atoms with Gasteiger partial charge in [-0.05, 0) is 38.5 Å². The van der Waals surface area contributed by atoms with E-state index in [4.69, 9.17) is 4.52 Å². The van der Waals surface area contributed by atoms with Crippen molar-refractivity contribution in [1.82, 2.24) is 10.5 Å². The molecular formula is C20H24N4O5. The van der Waals surface area contributed by atoms with E-state index in [2.05, 4.69) is 20.5 Å². The van der Waals surface area contributed by atoms with Crippen molar-refractivity contribution in [2.24, 2.45) is 0 Å². The molecule has 0 unspecified atom stereocenters. The van der Waals surface area contributed by atoms with Crippen molar-refractivity contribution in [3.05, 3.63) is 41.8 Å².